The van der Waals surface area contributed by atoms with Crippen LogP contribution in [0.4, 0.5) is 0 Å². The Labute approximate surface area is 104 Å². The number of carbonyl (C=O) groups is 2. The second kappa shape index (κ2) is 8.09. The van der Waals surface area contributed by atoms with Crippen molar-refractivity contribution in [2.75, 3.05) is 0 Å². The van der Waals surface area contributed by atoms with Crippen LogP contribution < -0.4 is 5.32 Å². The Morgan fingerprint density at radius 3 is 2.06 bits per heavy atom. The molecule has 2 N–H and O–H groups in total. The molecule has 0 saturated carbocycles. The maximum absolute atomic E-state index is 11.7. The van der Waals surface area contributed by atoms with E-state index in [0.717, 1.165) is 12.8 Å². The Kier molecular flexibility index (Phi) is 7.59. The van der Waals surface area contributed by atoms with Crippen LogP contribution in [0.5, 0.6) is 0 Å². The third kappa shape index (κ3) is 6.97. The van der Waals surface area contributed by atoms with Crippen molar-refractivity contribution in [1.82, 2.24) is 5.32 Å². The van der Waals surface area contributed by atoms with Gasteiger partial charge in [-0.3, -0.25) is 4.79 Å². The summed E-state index contributed by atoms with van der Waals surface area (Å²) in [5, 5.41) is 11.6. The van der Waals surface area contributed by atoms with E-state index in [4.69, 9.17) is 5.11 Å². The molecule has 0 fully saturated rings. The fourth-order valence-electron chi connectivity index (χ4n) is 1.79. The number of nitrogens with one attached hydrogen (secondary N) is 1. The second-order valence-corrected chi connectivity index (χ2v) is 4.97. The molecule has 0 spiro atoms. The molecule has 4 heteroatoms. The van der Waals surface area contributed by atoms with Gasteiger partial charge in [0.1, 0.15) is 6.04 Å². The Hall–Kier alpha value is -1.06. The van der Waals surface area contributed by atoms with Gasteiger partial charge in [-0.15, -0.1) is 0 Å². The minimum absolute atomic E-state index is 0.147. The molecule has 4 nitrogen and oxygen atoms in total. The van der Waals surface area contributed by atoms with E-state index in [1.54, 1.807) is 0 Å². The monoisotopic (exact) mass is 243 g/mol. The molecule has 100 valence electrons. The van der Waals surface area contributed by atoms with E-state index < -0.39 is 12.0 Å². The van der Waals surface area contributed by atoms with E-state index in [9.17, 15) is 9.59 Å². The smallest absolute Gasteiger partial charge is 0.326 e. The molecule has 0 heterocycles. The zero-order valence-electron chi connectivity index (χ0n) is 11.3. The van der Waals surface area contributed by atoms with Crippen molar-refractivity contribution in [2.45, 2.75) is 59.4 Å². The van der Waals surface area contributed by atoms with Crippen LogP contribution in [0, 0.1) is 11.8 Å². The van der Waals surface area contributed by atoms with Crippen molar-refractivity contribution in [3.63, 3.8) is 0 Å². The summed E-state index contributed by atoms with van der Waals surface area (Å²) < 4.78 is 0. The maximum atomic E-state index is 11.7. The molecular formula is C13H25NO3. The van der Waals surface area contributed by atoms with Crippen LogP contribution in [0.1, 0.15) is 53.4 Å². The van der Waals surface area contributed by atoms with Gasteiger partial charge in [-0.2, -0.15) is 0 Å². The predicted molar refractivity (Wildman–Crippen MR) is 67.7 cm³/mol. The molecule has 1 amide bonds. The van der Waals surface area contributed by atoms with Crippen LogP contribution in [-0.2, 0) is 9.59 Å². The van der Waals surface area contributed by atoms with E-state index in [1.807, 2.05) is 27.7 Å². The van der Waals surface area contributed by atoms with E-state index >= 15 is 0 Å². The van der Waals surface area contributed by atoms with Crippen LogP contribution >= 0.6 is 0 Å². The Balaban J connectivity index is 4.25. The lowest BCUT2D eigenvalue weighted by molar-refractivity contribution is -0.142. The number of carboxylic acid groups (broad SMARTS) is 1. The van der Waals surface area contributed by atoms with E-state index in [2.05, 4.69) is 5.32 Å². The van der Waals surface area contributed by atoms with Gasteiger partial charge in [0.2, 0.25) is 5.91 Å². The number of carboxylic acids is 1. The van der Waals surface area contributed by atoms with E-state index in [0.29, 0.717) is 18.8 Å². The zero-order chi connectivity index (χ0) is 13.4. The number of hydrogen-bond donors (Lipinski definition) is 2. The van der Waals surface area contributed by atoms with Gasteiger partial charge in [0.25, 0.3) is 0 Å². The molecule has 0 saturated heterocycles. The standard InChI is InChI=1S/C13H25NO3/c1-5-10(6-2)8-12(15)14-11(13(16)17)7-9(3)4/h9-11H,5-8H2,1-4H3,(H,14,15)(H,16,17)/t11-/m0/s1. The SMILES string of the molecule is CCC(CC)CC(=O)N[C@@H](CC(C)C)C(=O)O. The van der Waals surface area contributed by atoms with Crippen LogP contribution in [0.2, 0.25) is 0 Å². The molecule has 0 aromatic carbocycles. The summed E-state index contributed by atoms with van der Waals surface area (Å²) in [4.78, 5) is 22.7. The normalized spacial score (nSPS) is 12.8. The molecule has 1 atom stereocenters. The predicted octanol–water partition coefficient (Wildman–Crippen LogP) is 2.43. The molecule has 17 heavy (non-hydrogen) atoms. The van der Waals surface area contributed by atoms with Gasteiger partial charge in [-0.05, 0) is 18.3 Å². The largest absolute Gasteiger partial charge is 0.480 e. The van der Waals surface area contributed by atoms with Gasteiger partial charge in [-0.25, -0.2) is 4.79 Å². The molecule has 0 aromatic heterocycles. The zero-order valence-corrected chi connectivity index (χ0v) is 11.3. The third-order valence-corrected chi connectivity index (χ3v) is 2.97. The van der Waals surface area contributed by atoms with Crippen LogP contribution in [0.25, 0.3) is 0 Å². The highest BCUT2D eigenvalue weighted by Crippen LogP contribution is 2.13. The lowest BCUT2D eigenvalue weighted by Gasteiger charge is -2.18. The highest BCUT2D eigenvalue weighted by molar-refractivity contribution is 5.83. The van der Waals surface area contributed by atoms with Gasteiger partial charge >= 0.3 is 5.97 Å². The number of amides is 1. The molecule has 0 aromatic rings. The number of carbonyl (C=O) groups excluding carboxylic acids is 1. The Morgan fingerprint density at radius 1 is 1.18 bits per heavy atom. The molecule has 0 aliphatic carbocycles. The highest BCUT2D eigenvalue weighted by atomic mass is 16.4. The molecular weight excluding hydrogens is 218 g/mol. The van der Waals surface area contributed by atoms with Crippen LogP contribution in [0.15, 0.2) is 0 Å². The number of rotatable bonds is 8. The summed E-state index contributed by atoms with van der Waals surface area (Å²) in [5.41, 5.74) is 0. The summed E-state index contributed by atoms with van der Waals surface area (Å²) >= 11 is 0. The van der Waals surface area contributed by atoms with E-state index in [1.165, 1.54) is 0 Å². The van der Waals surface area contributed by atoms with Gasteiger partial charge in [-0.1, -0.05) is 40.5 Å². The van der Waals surface area contributed by atoms with Crippen molar-refractivity contribution >= 4 is 11.9 Å². The molecule has 0 radical (unpaired) electrons. The fourth-order valence-corrected chi connectivity index (χ4v) is 1.79. The Bertz CT molecular complexity index is 247. The van der Waals surface area contributed by atoms with Crippen LogP contribution in [0.3, 0.4) is 0 Å². The average molecular weight is 243 g/mol. The molecule has 0 unspecified atom stereocenters. The highest BCUT2D eigenvalue weighted by Gasteiger charge is 2.21. The fraction of sp³-hybridized carbons (Fsp3) is 0.846. The van der Waals surface area contributed by atoms with Gasteiger partial charge in [0, 0.05) is 6.42 Å². The number of hydrogen-bond acceptors (Lipinski definition) is 2. The van der Waals surface area contributed by atoms with Gasteiger partial charge in [0.05, 0.1) is 0 Å². The molecule has 0 aliphatic heterocycles. The molecule has 0 bridgehead atoms. The summed E-state index contributed by atoms with van der Waals surface area (Å²) in [5.74, 6) is -0.489. The summed E-state index contributed by atoms with van der Waals surface area (Å²) in [6, 6.07) is -0.753. The van der Waals surface area contributed by atoms with E-state index in [-0.39, 0.29) is 11.8 Å². The van der Waals surface area contributed by atoms with Crippen molar-refractivity contribution < 1.29 is 14.7 Å². The lowest BCUT2D eigenvalue weighted by Crippen LogP contribution is -2.42. The molecule has 0 rings (SSSR count). The van der Waals surface area contributed by atoms with Crippen molar-refractivity contribution in [2.24, 2.45) is 11.8 Å². The minimum Gasteiger partial charge on any atom is -0.480 e. The maximum Gasteiger partial charge on any atom is 0.326 e. The summed E-state index contributed by atoms with van der Waals surface area (Å²) in [6.07, 6.45) is 2.80. The van der Waals surface area contributed by atoms with Gasteiger partial charge < -0.3 is 10.4 Å². The first-order valence-electron chi connectivity index (χ1n) is 6.42. The summed E-state index contributed by atoms with van der Waals surface area (Å²) in [7, 11) is 0. The van der Waals surface area contributed by atoms with Gasteiger partial charge in [0.15, 0.2) is 0 Å². The molecule has 0 aliphatic rings. The quantitative estimate of drug-likeness (QED) is 0.688. The lowest BCUT2D eigenvalue weighted by atomic mass is 9.98. The first-order valence-corrected chi connectivity index (χ1v) is 6.42. The number of aliphatic carboxylic acids is 1. The van der Waals surface area contributed by atoms with Crippen molar-refractivity contribution in [1.29, 1.82) is 0 Å². The first-order chi connectivity index (χ1) is 7.90. The first kappa shape index (κ1) is 15.9. The van der Waals surface area contributed by atoms with Crippen molar-refractivity contribution in [3.8, 4) is 0 Å². The topological polar surface area (TPSA) is 66.4 Å². The van der Waals surface area contributed by atoms with Crippen LogP contribution in [-0.4, -0.2) is 23.0 Å². The minimum atomic E-state index is -0.948. The Morgan fingerprint density at radius 2 is 1.71 bits per heavy atom. The third-order valence-electron chi connectivity index (χ3n) is 2.97. The average Bonchev–Trinajstić information content (AvgIpc) is 2.24. The summed E-state index contributed by atoms with van der Waals surface area (Å²) in [6.45, 7) is 7.99. The second-order valence-electron chi connectivity index (χ2n) is 4.97. The van der Waals surface area contributed by atoms with Crippen molar-refractivity contribution in [3.05, 3.63) is 0 Å².